The zero-order valence-corrected chi connectivity index (χ0v) is 20.9. The molecule has 2 heterocycles. The van der Waals surface area contributed by atoms with E-state index in [9.17, 15) is 26.4 Å². The molecule has 0 saturated carbocycles. The van der Waals surface area contributed by atoms with Crippen molar-refractivity contribution in [3.05, 3.63) is 64.9 Å². The number of sulfone groups is 1. The van der Waals surface area contributed by atoms with E-state index in [-0.39, 0.29) is 27.9 Å². The summed E-state index contributed by atoms with van der Waals surface area (Å²) in [5, 5.41) is 8.74. The number of thiophene rings is 1. The van der Waals surface area contributed by atoms with Gasteiger partial charge in [-0.15, -0.1) is 0 Å². The lowest BCUT2D eigenvalue weighted by Gasteiger charge is -2.21. The monoisotopic (exact) mass is 540 g/mol. The van der Waals surface area contributed by atoms with Crippen LogP contribution in [0.4, 0.5) is 29.3 Å². The second-order valence-corrected chi connectivity index (χ2v) is 12.3. The molecule has 3 aromatic rings. The maximum Gasteiger partial charge on any atom is 0.416 e. The highest BCUT2D eigenvalue weighted by molar-refractivity contribution is 7.99. The molecule has 2 aromatic carbocycles. The van der Waals surface area contributed by atoms with Gasteiger partial charge in [-0.2, -0.15) is 36.3 Å². The van der Waals surface area contributed by atoms with Crippen molar-refractivity contribution >= 4 is 50.3 Å². The van der Waals surface area contributed by atoms with Crippen molar-refractivity contribution in [1.82, 2.24) is 0 Å². The first-order valence-electron chi connectivity index (χ1n) is 10.8. The van der Waals surface area contributed by atoms with Crippen molar-refractivity contribution in [2.45, 2.75) is 23.9 Å². The number of carbonyl (C=O) groups is 1. The number of amides is 2. The summed E-state index contributed by atoms with van der Waals surface area (Å²) in [6.07, 6.45) is -2.84. The Bertz CT molecular complexity index is 1290. The lowest BCUT2D eigenvalue weighted by atomic mass is 10.1. The molecule has 0 bridgehead atoms. The Hall–Kier alpha value is -2.50. The van der Waals surface area contributed by atoms with Gasteiger partial charge in [0.1, 0.15) is 0 Å². The van der Waals surface area contributed by atoms with Crippen LogP contribution in [0.5, 0.6) is 0 Å². The molecule has 11 heteroatoms. The van der Waals surface area contributed by atoms with Crippen molar-refractivity contribution in [2.75, 3.05) is 27.9 Å². The van der Waals surface area contributed by atoms with Crippen LogP contribution in [-0.2, 0) is 16.0 Å². The number of hydrogen-bond acceptors (Lipinski definition) is 5. The Morgan fingerprint density at radius 3 is 2.49 bits per heavy atom. The number of rotatable bonds is 6. The van der Waals surface area contributed by atoms with E-state index in [2.05, 4.69) is 10.6 Å². The third kappa shape index (κ3) is 6.59. The molecular formula is C24H23F3N2O3S3. The molecule has 1 saturated heterocycles. The SMILES string of the molecule is O=C(Nc1cccc(C(F)(F)F)c1)Nc1cc(S(=O)(=O)CC2CCSCC2)ccc1-c1ccsc1. The molecule has 4 rings (SSSR count). The number of anilines is 2. The van der Waals surface area contributed by atoms with Gasteiger partial charge >= 0.3 is 12.2 Å². The van der Waals surface area contributed by atoms with Crippen molar-refractivity contribution in [1.29, 1.82) is 0 Å². The normalized spacial score (nSPS) is 15.1. The second kappa shape index (κ2) is 10.6. The third-order valence-corrected chi connectivity index (χ3v) is 9.29. The van der Waals surface area contributed by atoms with Crippen molar-refractivity contribution in [3.8, 4) is 11.1 Å². The average molecular weight is 541 g/mol. The van der Waals surface area contributed by atoms with E-state index in [1.807, 2.05) is 28.6 Å². The van der Waals surface area contributed by atoms with Crippen LogP contribution in [0.2, 0.25) is 0 Å². The van der Waals surface area contributed by atoms with Gasteiger partial charge in [0.25, 0.3) is 0 Å². The largest absolute Gasteiger partial charge is 0.416 e. The quantitative estimate of drug-likeness (QED) is 0.353. The fourth-order valence-electron chi connectivity index (χ4n) is 3.87. The van der Waals surface area contributed by atoms with Gasteiger partial charge < -0.3 is 10.6 Å². The Kier molecular flexibility index (Phi) is 7.77. The first kappa shape index (κ1) is 25.6. The molecule has 5 nitrogen and oxygen atoms in total. The topological polar surface area (TPSA) is 75.3 Å². The fraction of sp³-hybridized carbons (Fsp3) is 0.292. The Labute approximate surface area is 210 Å². The summed E-state index contributed by atoms with van der Waals surface area (Å²) < 4.78 is 65.2. The van der Waals surface area contributed by atoms with Crippen LogP contribution in [0.1, 0.15) is 18.4 Å². The Morgan fingerprint density at radius 1 is 1.03 bits per heavy atom. The van der Waals surface area contributed by atoms with Gasteiger partial charge in [-0.3, -0.25) is 0 Å². The number of thioether (sulfide) groups is 1. The summed E-state index contributed by atoms with van der Waals surface area (Å²) in [5.41, 5.74) is 0.737. The minimum absolute atomic E-state index is 0.0339. The summed E-state index contributed by atoms with van der Waals surface area (Å²) in [7, 11) is -3.59. The van der Waals surface area contributed by atoms with E-state index in [4.69, 9.17) is 0 Å². The van der Waals surface area contributed by atoms with Gasteiger partial charge in [-0.05, 0) is 83.0 Å². The predicted octanol–water partition coefficient (Wildman–Crippen LogP) is 6.99. The summed E-state index contributed by atoms with van der Waals surface area (Å²) in [6, 6.07) is 9.96. The molecule has 2 amide bonds. The molecule has 0 spiro atoms. The molecule has 1 aromatic heterocycles. The summed E-state index contributed by atoms with van der Waals surface area (Å²) in [6.45, 7) is 0. The molecule has 2 N–H and O–H groups in total. The van der Waals surface area contributed by atoms with Crippen molar-refractivity contribution in [3.63, 3.8) is 0 Å². The average Bonchev–Trinajstić information content (AvgIpc) is 3.34. The van der Waals surface area contributed by atoms with Crippen LogP contribution in [0.15, 0.2) is 64.2 Å². The Morgan fingerprint density at radius 2 is 1.80 bits per heavy atom. The van der Waals surface area contributed by atoms with Crippen LogP contribution in [0.25, 0.3) is 11.1 Å². The zero-order chi connectivity index (χ0) is 25.1. The molecule has 1 aliphatic rings. The van der Waals surface area contributed by atoms with Crippen molar-refractivity contribution in [2.24, 2.45) is 5.92 Å². The molecule has 1 fully saturated rings. The molecule has 1 aliphatic heterocycles. The van der Waals surface area contributed by atoms with E-state index in [0.29, 0.717) is 5.56 Å². The third-order valence-electron chi connectivity index (χ3n) is 5.67. The highest BCUT2D eigenvalue weighted by Gasteiger charge is 2.30. The van der Waals surface area contributed by atoms with Crippen LogP contribution < -0.4 is 10.6 Å². The van der Waals surface area contributed by atoms with E-state index >= 15 is 0 Å². The van der Waals surface area contributed by atoms with Gasteiger partial charge in [0, 0.05) is 11.3 Å². The summed E-state index contributed by atoms with van der Waals surface area (Å²) in [4.78, 5) is 12.8. The minimum atomic E-state index is -4.54. The van der Waals surface area contributed by atoms with E-state index < -0.39 is 27.6 Å². The molecule has 186 valence electrons. The first-order valence-corrected chi connectivity index (χ1v) is 14.6. The Balaban J connectivity index is 1.59. The second-order valence-electron chi connectivity index (χ2n) is 8.21. The highest BCUT2D eigenvalue weighted by atomic mass is 32.2. The minimum Gasteiger partial charge on any atom is -0.308 e. The van der Waals surface area contributed by atoms with Crippen LogP contribution in [0, 0.1) is 5.92 Å². The number of urea groups is 1. The van der Waals surface area contributed by atoms with E-state index in [1.54, 1.807) is 6.07 Å². The molecule has 0 atom stereocenters. The van der Waals surface area contributed by atoms with E-state index in [0.717, 1.165) is 42.0 Å². The number of alkyl halides is 3. The number of nitrogens with one attached hydrogen (secondary N) is 2. The highest BCUT2D eigenvalue weighted by Crippen LogP contribution is 2.34. The number of benzene rings is 2. The lowest BCUT2D eigenvalue weighted by Crippen LogP contribution is -2.22. The van der Waals surface area contributed by atoms with Crippen LogP contribution in [0.3, 0.4) is 0 Å². The van der Waals surface area contributed by atoms with Gasteiger partial charge in [0.2, 0.25) is 0 Å². The smallest absolute Gasteiger partial charge is 0.308 e. The lowest BCUT2D eigenvalue weighted by molar-refractivity contribution is -0.137. The maximum absolute atomic E-state index is 13.1. The number of hydrogen-bond donors (Lipinski definition) is 2. The molecule has 0 radical (unpaired) electrons. The molecule has 35 heavy (non-hydrogen) atoms. The predicted molar refractivity (Wildman–Crippen MR) is 136 cm³/mol. The summed E-state index contributed by atoms with van der Waals surface area (Å²) in [5.74, 6) is 2.03. The standard InChI is InChI=1S/C24H23F3N2O3S3/c25-24(26,27)18-2-1-3-19(12-18)28-23(30)29-22-13-20(4-5-21(22)17-8-11-34-14-17)35(31,32)15-16-6-9-33-10-7-16/h1-5,8,11-14,16H,6-7,9-10,15H2,(H2,28,29,30). The van der Waals surface area contributed by atoms with Gasteiger partial charge in [-0.1, -0.05) is 12.1 Å². The summed E-state index contributed by atoms with van der Waals surface area (Å²) >= 11 is 3.27. The zero-order valence-electron chi connectivity index (χ0n) is 18.5. The number of carbonyl (C=O) groups excluding carboxylic acids is 1. The fourth-order valence-corrected chi connectivity index (χ4v) is 7.45. The molecular weight excluding hydrogens is 517 g/mol. The molecule has 0 unspecified atom stereocenters. The molecule has 0 aliphatic carbocycles. The van der Waals surface area contributed by atoms with Gasteiger partial charge in [0.15, 0.2) is 9.84 Å². The number of halogens is 3. The van der Waals surface area contributed by atoms with Crippen LogP contribution >= 0.6 is 23.1 Å². The van der Waals surface area contributed by atoms with Gasteiger partial charge in [0.05, 0.1) is 21.9 Å². The maximum atomic E-state index is 13.1. The van der Waals surface area contributed by atoms with Crippen molar-refractivity contribution < 1.29 is 26.4 Å². The van der Waals surface area contributed by atoms with E-state index in [1.165, 1.54) is 35.6 Å². The van der Waals surface area contributed by atoms with Gasteiger partial charge in [-0.25, -0.2) is 13.2 Å². The van der Waals surface area contributed by atoms with Crippen LogP contribution in [-0.4, -0.2) is 31.7 Å². The first-order chi connectivity index (χ1) is 16.6.